The molecule has 0 atom stereocenters. The van der Waals surface area contributed by atoms with Crippen LogP contribution in [-0.4, -0.2) is 4.98 Å². The van der Waals surface area contributed by atoms with E-state index in [-0.39, 0.29) is 5.41 Å². The number of rotatable bonds is 3. The molecule has 0 amide bonds. The van der Waals surface area contributed by atoms with Gasteiger partial charge in [0.15, 0.2) is 0 Å². The van der Waals surface area contributed by atoms with Gasteiger partial charge in [0.1, 0.15) is 5.75 Å². The zero-order valence-corrected chi connectivity index (χ0v) is 13.2. The highest BCUT2D eigenvalue weighted by atomic mass is 35.5. The second-order valence-electron chi connectivity index (χ2n) is 5.95. The molecule has 2 rings (SSSR count). The lowest BCUT2D eigenvalue weighted by Crippen LogP contribution is -2.13. The van der Waals surface area contributed by atoms with Crippen LogP contribution in [0.1, 0.15) is 37.5 Å². The van der Waals surface area contributed by atoms with Crippen LogP contribution in [0.3, 0.4) is 0 Å². The largest absolute Gasteiger partial charge is 0.438 e. The highest BCUT2D eigenvalue weighted by Crippen LogP contribution is 2.35. The Morgan fingerprint density at radius 3 is 2.60 bits per heavy atom. The monoisotopic (exact) mass is 289 g/mol. The first-order chi connectivity index (χ1) is 9.41. The lowest BCUT2D eigenvalue weighted by molar-refractivity contribution is 0.436. The van der Waals surface area contributed by atoms with Crippen LogP contribution >= 0.6 is 11.6 Å². The number of pyridine rings is 1. The molecule has 0 fully saturated rings. The van der Waals surface area contributed by atoms with E-state index < -0.39 is 0 Å². The summed E-state index contributed by atoms with van der Waals surface area (Å²) in [5.74, 6) is 1.81. The van der Waals surface area contributed by atoms with Gasteiger partial charge in [0, 0.05) is 17.3 Å². The summed E-state index contributed by atoms with van der Waals surface area (Å²) in [5, 5.41) is 0. The third kappa shape index (κ3) is 3.31. The van der Waals surface area contributed by atoms with Crippen molar-refractivity contribution >= 4 is 11.6 Å². The van der Waals surface area contributed by atoms with Crippen LogP contribution in [0.25, 0.3) is 0 Å². The molecule has 0 saturated carbocycles. The lowest BCUT2D eigenvalue weighted by atomic mass is 9.85. The Kier molecular flexibility index (Phi) is 4.34. The number of ether oxygens (including phenoxy) is 1. The molecule has 0 aliphatic carbocycles. The predicted molar refractivity (Wildman–Crippen MR) is 83.7 cm³/mol. The van der Waals surface area contributed by atoms with E-state index in [1.807, 2.05) is 24.3 Å². The van der Waals surface area contributed by atoms with Gasteiger partial charge in [-0.3, -0.25) is 0 Å². The van der Waals surface area contributed by atoms with Crippen LogP contribution in [0, 0.1) is 6.92 Å². The van der Waals surface area contributed by atoms with Crippen molar-refractivity contribution < 1.29 is 4.74 Å². The Morgan fingerprint density at radius 2 is 1.95 bits per heavy atom. The third-order valence-electron chi connectivity index (χ3n) is 3.14. The molecule has 0 radical (unpaired) electrons. The van der Waals surface area contributed by atoms with Gasteiger partial charge >= 0.3 is 0 Å². The zero-order valence-electron chi connectivity index (χ0n) is 12.4. The third-order valence-corrected chi connectivity index (χ3v) is 3.43. The van der Waals surface area contributed by atoms with E-state index in [0.29, 0.717) is 11.8 Å². The molecule has 2 aromatic rings. The maximum atomic E-state index is 6.02. The Morgan fingerprint density at radius 1 is 1.20 bits per heavy atom. The molecule has 3 heteroatoms. The van der Waals surface area contributed by atoms with Crippen LogP contribution in [-0.2, 0) is 11.3 Å². The first-order valence-electron chi connectivity index (χ1n) is 6.70. The molecule has 0 spiro atoms. The molecule has 1 heterocycles. The molecular formula is C17H20ClNO. The normalized spacial score (nSPS) is 11.4. The maximum absolute atomic E-state index is 6.02. The predicted octanol–water partition coefficient (Wildman–Crippen LogP) is 5.22. The van der Waals surface area contributed by atoms with Gasteiger partial charge < -0.3 is 4.74 Å². The van der Waals surface area contributed by atoms with Crippen molar-refractivity contribution in [2.75, 3.05) is 0 Å². The molecule has 0 unspecified atom stereocenters. The Labute approximate surface area is 125 Å². The Bertz CT molecular complexity index is 602. The summed E-state index contributed by atoms with van der Waals surface area (Å²) in [6.07, 6.45) is 1.72. The second kappa shape index (κ2) is 5.84. The van der Waals surface area contributed by atoms with Gasteiger partial charge in [0.25, 0.3) is 0 Å². The summed E-state index contributed by atoms with van der Waals surface area (Å²) < 4.78 is 6.02. The van der Waals surface area contributed by atoms with Crippen molar-refractivity contribution in [1.82, 2.24) is 4.98 Å². The van der Waals surface area contributed by atoms with Crippen molar-refractivity contribution in [2.45, 2.75) is 39.0 Å². The Hall–Kier alpha value is -1.54. The van der Waals surface area contributed by atoms with E-state index >= 15 is 0 Å². The molecule has 106 valence electrons. The minimum Gasteiger partial charge on any atom is -0.438 e. The minimum absolute atomic E-state index is 0.0112. The Balaban J connectivity index is 2.44. The topological polar surface area (TPSA) is 22.1 Å². The van der Waals surface area contributed by atoms with E-state index in [4.69, 9.17) is 16.3 Å². The number of aryl methyl sites for hydroxylation is 1. The molecule has 0 aliphatic heterocycles. The smallest absolute Gasteiger partial charge is 0.223 e. The van der Waals surface area contributed by atoms with Gasteiger partial charge in [0.05, 0.1) is 5.88 Å². The minimum atomic E-state index is 0.0112. The summed E-state index contributed by atoms with van der Waals surface area (Å²) >= 11 is 5.93. The van der Waals surface area contributed by atoms with Crippen molar-refractivity contribution in [1.29, 1.82) is 0 Å². The summed E-state index contributed by atoms with van der Waals surface area (Å²) in [6.45, 7) is 8.62. The molecule has 2 nitrogen and oxygen atoms in total. The molecule has 1 aromatic carbocycles. The van der Waals surface area contributed by atoms with E-state index in [0.717, 1.165) is 11.3 Å². The van der Waals surface area contributed by atoms with Gasteiger partial charge in [0.2, 0.25) is 5.88 Å². The standard InChI is InChI=1S/C17H20ClNO/c1-12-7-8-15(14(10-12)17(2,3)4)20-16-13(11-18)6-5-9-19-16/h5-10H,11H2,1-4H3. The van der Waals surface area contributed by atoms with Gasteiger partial charge in [-0.15, -0.1) is 11.6 Å². The number of benzene rings is 1. The molecule has 0 bridgehead atoms. The average Bonchev–Trinajstić information content (AvgIpc) is 2.40. The number of nitrogens with zero attached hydrogens (tertiary/aromatic N) is 1. The molecule has 1 aromatic heterocycles. The van der Waals surface area contributed by atoms with Gasteiger partial charge in [-0.25, -0.2) is 4.98 Å². The summed E-state index contributed by atoms with van der Waals surface area (Å²) in [4.78, 5) is 4.28. The van der Waals surface area contributed by atoms with Crippen molar-refractivity contribution in [3.63, 3.8) is 0 Å². The van der Waals surface area contributed by atoms with Crippen molar-refractivity contribution in [3.05, 3.63) is 53.2 Å². The summed E-state index contributed by atoms with van der Waals surface area (Å²) in [5.41, 5.74) is 3.30. The van der Waals surface area contributed by atoms with Gasteiger partial charge in [-0.1, -0.05) is 44.5 Å². The van der Waals surface area contributed by atoms with E-state index in [2.05, 4.69) is 38.7 Å². The SMILES string of the molecule is Cc1ccc(Oc2ncccc2CCl)c(C(C)(C)C)c1. The number of hydrogen-bond donors (Lipinski definition) is 0. The highest BCUT2D eigenvalue weighted by Gasteiger charge is 2.20. The molecular weight excluding hydrogens is 270 g/mol. The number of alkyl halides is 1. The van der Waals surface area contributed by atoms with E-state index in [9.17, 15) is 0 Å². The maximum Gasteiger partial charge on any atom is 0.223 e. The van der Waals surface area contributed by atoms with E-state index in [1.165, 1.54) is 11.1 Å². The van der Waals surface area contributed by atoms with Crippen molar-refractivity contribution in [2.24, 2.45) is 0 Å². The van der Waals surface area contributed by atoms with Crippen LogP contribution in [0.2, 0.25) is 0 Å². The van der Waals surface area contributed by atoms with Crippen LogP contribution in [0.4, 0.5) is 0 Å². The molecule has 0 aliphatic rings. The first-order valence-corrected chi connectivity index (χ1v) is 7.24. The van der Waals surface area contributed by atoms with E-state index in [1.54, 1.807) is 6.20 Å². The fourth-order valence-corrected chi connectivity index (χ4v) is 2.24. The fraction of sp³-hybridized carbons (Fsp3) is 0.353. The lowest BCUT2D eigenvalue weighted by Gasteiger charge is -2.23. The average molecular weight is 290 g/mol. The van der Waals surface area contributed by atoms with Gasteiger partial charge in [-0.2, -0.15) is 0 Å². The zero-order chi connectivity index (χ0) is 14.8. The summed E-state index contributed by atoms with van der Waals surface area (Å²) in [7, 11) is 0. The summed E-state index contributed by atoms with van der Waals surface area (Å²) in [6, 6.07) is 10.0. The quantitative estimate of drug-likeness (QED) is 0.723. The fourth-order valence-electron chi connectivity index (χ4n) is 2.04. The highest BCUT2D eigenvalue weighted by molar-refractivity contribution is 6.17. The number of halogens is 1. The number of aromatic nitrogens is 1. The van der Waals surface area contributed by atoms with Crippen LogP contribution < -0.4 is 4.74 Å². The van der Waals surface area contributed by atoms with Crippen LogP contribution in [0.5, 0.6) is 11.6 Å². The second-order valence-corrected chi connectivity index (χ2v) is 6.22. The van der Waals surface area contributed by atoms with Gasteiger partial charge in [-0.05, 0) is 24.5 Å². The molecule has 0 N–H and O–H groups in total. The molecule has 20 heavy (non-hydrogen) atoms. The van der Waals surface area contributed by atoms with Crippen molar-refractivity contribution in [3.8, 4) is 11.6 Å². The molecule has 0 saturated heterocycles. The van der Waals surface area contributed by atoms with Crippen LogP contribution in [0.15, 0.2) is 36.5 Å². The first kappa shape index (κ1) is 14.9. The number of hydrogen-bond acceptors (Lipinski definition) is 2.